The van der Waals surface area contributed by atoms with Gasteiger partial charge >= 0.3 is 6.09 Å². The van der Waals surface area contributed by atoms with Crippen LogP contribution in [-0.4, -0.2) is 69.5 Å². The Kier molecular flexibility index (Phi) is 5.98. The zero-order valence-electron chi connectivity index (χ0n) is 14.7. The molecule has 1 aromatic rings. The van der Waals surface area contributed by atoms with E-state index in [1.54, 1.807) is 17.6 Å². The second-order valence-corrected chi connectivity index (χ2v) is 7.30. The summed E-state index contributed by atoms with van der Waals surface area (Å²) in [5, 5.41) is 4.12. The molecule has 0 unspecified atom stereocenters. The van der Waals surface area contributed by atoms with Crippen molar-refractivity contribution in [2.75, 3.05) is 33.2 Å². The Balaban J connectivity index is 1.67. The first-order valence-corrected chi connectivity index (χ1v) is 8.32. The molecule has 0 aliphatic carbocycles. The molecule has 1 aromatic heterocycles. The van der Waals surface area contributed by atoms with Crippen molar-refractivity contribution >= 4 is 6.09 Å². The Morgan fingerprint density at radius 1 is 1.30 bits per heavy atom. The van der Waals surface area contributed by atoms with Crippen LogP contribution in [0.4, 0.5) is 4.79 Å². The molecule has 0 radical (unpaired) electrons. The summed E-state index contributed by atoms with van der Waals surface area (Å²) in [6.45, 7) is 10.5. The lowest BCUT2D eigenvalue weighted by atomic mass is 9.96. The third-order valence-corrected chi connectivity index (χ3v) is 4.06. The summed E-state index contributed by atoms with van der Waals surface area (Å²) in [4.78, 5) is 20.1. The third-order valence-electron chi connectivity index (χ3n) is 4.06. The molecule has 130 valence electrons. The molecular weight excluding hydrogens is 294 g/mol. The number of carbonyl (C=O) groups is 1. The Bertz CT molecular complexity index is 475. The minimum Gasteiger partial charge on any atom is -0.444 e. The van der Waals surface area contributed by atoms with Crippen LogP contribution >= 0.6 is 0 Å². The highest BCUT2D eigenvalue weighted by Gasteiger charge is 2.24. The second kappa shape index (κ2) is 7.77. The SMILES string of the molecule is CN(CC1CCN(CCn2cncn2)CC1)C(=O)OC(C)(C)C. The quantitative estimate of drug-likeness (QED) is 0.827. The van der Waals surface area contributed by atoms with E-state index in [0.717, 1.165) is 45.6 Å². The van der Waals surface area contributed by atoms with E-state index in [9.17, 15) is 4.79 Å². The topological polar surface area (TPSA) is 63.5 Å². The summed E-state index contributed by atoms with van der Waals surface area (Å²) in [6, 6.07) is 0. The van der Waals surface area contributed by atoms with Crippen molar-refractivity contribution in [3.05, 3.63) is 12.7 Å². The summed E-state index contributed by atoms with van der Waals surface area (Å²) < 4.78 is 7.27. The van der Waals surface area contributed by atoms with Crippen molar-refractivity contribution < 1.29 is 9.53 Å². The van der Waals surface area contributed by atoms with Crippen LogP contribution in [0.1, 0.15) is 33.6 Å². The maximum absolute atomic E-state index is 12.0. The van der Waals surface area contributed by atoms with Crippen molar-refractivity contribution in [2.45, 2.75) is 45.8 Å². The molecule has 0 N–H and O–H groups in total. The number of piperidine rings is 1. The molecule has 0 saturated carbocycles. The summed E-state index contributed by atoms with van der Waals surface area (Å²) in [6.07, 6.45) is 5.32. The van der Waals surface area contributed by atoms with Crippen LogP contribution in [0.25, 0.3) is 0 Å². The maximum Gasteiger partial charge on any atom is 0.410 e. The van der Waals surface area contributed by atoms with Gasteiger partial charge < -0.3 is 14.5 Å². The van der Waals surface area contributed by atoms with Gasteiger partial charge in [0.1, 0.15) is 18.3 Å². The second-order valence-electron chi connectivity index (χ2n) is 7.30. The average molecular weight is 323 g/mol. The number of likely N-dealkylation sites (tertiary alicyclic amines) is 1. The van der Waals surface area contributed by atoms with Crippen molar-refractivity contribution in [3.63, 3.8) is 0 Å². The molecule has 0 spiro atoms. The van der Waals surface area contributed by atoms with Crippen molar-refractivity contribution in [2.24, 2.45) is 5.92 Å². The molecule has 23 heavy (non-hydrogen) atoms. The van der Waals surface area contributed by atoms with Crippen LogP contribution in [0.15, 0.2) is 12.7 Å². The van der Waals surface area contributed by atoms with Crippen LogP contribution in [0.5, 0.6) is 0 Å². The number of ether oxygens (including phenoxy) is 1. The molecule has 0 aromatic carbocycles. The van der Waals surface area contributed by atoms with E-state index < -0.39 is 5.60 Å². The first-order chi connectivity index (χ1) is 10.8. The van der Waals surface area contributed by atoms with Crippen LogP contribution in [0, 0.1) is 5.92 Å². The first kappa shape index (κ1) is 17.7. The number of hydrogen-bond donors (Lipinski definition) is 0. The Labute approximate surface area is 138 Å². The number of rotatable bonds is 5. The summed E-state index contributed by atoms with van der Waals surface area (Å²) in [7, 11) is 1.82. The van der Waals surface area contributed by atoms with Gasteiger partial charge in [-0.1, -0.05) is 0 Å². The summed E-state index contributed by atoms with van der Waals surface area (Å²) in [5.74, 6) is 0.551. The van der Waals surface area contributed by atoms with E-state index in [1.165, 1.54) is 0 Å². The lowest BCUT2D eigenvalue weighted by Crippen LogP contribution is -2.41. The molecule has 0 bridgehead atoms. The van der Waals surface area contributed by atoms with Gasteiger partial charge in [-0.25, -0.2) is 9.78 Å². The maximum atomic E-state index is 12.0. The van der Waals surface area contributed by atoms with Crippen LogP contribution in [0.3, 0.4) is 0 Å². The van der Waals surface area contributed by atoms with Crippen LogP contribution in [-0.2, 0) is 11.3 Å². The minimum absolute atomic E-state index is 0.230. The monoisotopic (exact) mass is 323 g/mol. The van der Waals surface area contributed by atoms with Gasteiger partial charge in [-0.3, -0.25) is 4.68 Å². The van der Waals surface area contributed by atoms with Gasteiger partial charge in [0, 0.05) is 20.1 Å². The molecule has 2 rings (SSSR count). The van der Waals surface area contributed by atoms with Gasteiger partial charge in [0.2, 0.25) is 0 Å². The van der Waals surface area contributed by atoms with E-state index in [0.29, 0.717) is 5.92 Å². The van der Waals surface area contributed by atoms with Gasteiger partial charge in [0.25, 0.3) is 0 Å². The summed E-state index contributed by atoms with van der Waals surface area (Å²) in [5.41, 5.74) is -0.434. The third kappa shape index (κ3) is 6.17. The highest BCUT2D eigenvalue weighted by molar-refractivity contribution is 5.67. The number of aromatic nitrogens is 3. The number of nitrogens with zero attached hydrogens (tertiary/aromatic N) is 5. The minimum atomic E-state index is -0.434. The largest absolute Gasteiger partial charge is 0.444 e. The summed E-state index contributed by atoms with van der Waals surface area (Å²) >= 11 is 0. The van der Waals surface area contributed by atoms with E-state index >= 15 is 0 Å². The van der Waals surface area contributed by atoms with Crippen molar-refractivity contribution in [3.8, 4) is 0 Å². The fourth-order valence-electron chi connectivity index (χ4n) is 2.79. The average Bonchev–Trinajstić information content (AvgIpc) is 2.98. The molecule has 7 nitrogen and oxygen atoms in total. The Morgan fingerprint density at radius 2 is 2.00 bits per heavy atom. The lowest BCUT2D eigenvalue weighted by Gasteiger charge is -2.34. The fraction of sp³-hybridized carbons (Fsp3) is 0.812. The standard InChI is InChI=1S/C16H29N5O2/c1-16(2,3)23-15(22)19(4)11-14-5-7-20(8-6-14)9-10-21-13-17-12-18-21/h12-14H,5-11H2,1-4H3. The zero-order chi connectivity index (χ0) is 16.9. The van der Waals surface area contributed by atoms with E-state index in [2.05, 4.69) is 15.0 Å². The van der Waals surface area contributed by atoms with Crippen LogP contribution < -0.4 is 0 Å². The highest BCUT2D eigenvalue weighted by Crippen LogP contribution is 2.19. The van der Waals surface area contributed by atoms with Gasteiger partial charge in [-0.15, -0.1) is 0 Å². The number of hydrogen-bond acceptors (Lipinski definition) is 5. The molecule has 2 heterocycles. The zero-order valence-corrected chi connectivity index (χ0v) is 14.7. The Morgan fingerprint density at radius 3 is 2.57 bits per heavy atom. The van der Waals surface area contributed by atoms with Crippen LogP contribution in [0.2, 0.25) is 0 Å². The van der Waals surface area contributed by atoms with Crippen molar-refractivity contribution in [1.82, 2.24) is 24.6 Å². The van der Waals surface area contributed by atoms with Gasteiger partial charge in [0.05, 0.1) is 6.54 Å². The molecule has 7 heteroatoms. The predicted molar refractivity (Wildman–Crippen MR) is 88.1 cm³/mol. The molecule has 1 fully saturated rings. The number of carbonyl (C=O) groups excluding carboxylic acids is 1. The normalized spacial score (nSPS) is 17.2. The van der Waals surface area contributed by atoms with Gasteiger partial charge in [-0.05, 0) is 52.6 Å². The highest BCUT2D eigenvalue weighted by atomic mass is 16.6. The molecule has 0 atom stereocenters. The smallest absolute Gasteiger partial charge is 0.410 e. The first-order valence-electron chi connectivity index (χ1n) is 8.32. The van der Waals surface area contributed by atoms with Gasteiger partial charge in [-0.2, -0.15) is 5.10 Å². The molecule has 1 saturated heterocycles. The predicted octanol–water partition coefficient (Wildman–Crippen LogP) is 1.86. The fourth-order valence-corrected chi connectivity index (χ4v) is 2.79. The van der Waals surface area contributed by atoms with E-state index in [1.807, 2.05) is 32.5 Å². The molecule has 1 aliphatic rings. The molecule has 1 amide bonds. The van der Waals surface area contributed by atoms with Gasteiger partial charge in [0.15, 0.2) is 0 Å². The van der Waals surface area contributed by atoms with Crippen molar-refractivity contribution in [1.29, 1.82) is 0 Å². The molecule has 1 aliphatic heterocycles. The van der Waals surface area contributed by atoms with E-state index in [-0.39, 0.29) is 6.09 Å². The number of amides is 1. The van der Waals surface area contributed by atoms with E-state index in [4.69, 9.17) is 4.74 Å². The molecular formula is C16H29N5O2. The lowest BCUT2D eigenvalue weighted by molar-refractivity contribution is 0.0249. The Hall–Kier alpha value is -1.63.